The maximum Gasteiger partial charge on any atom is 0.311 e. The van der Waals surface area contributed by atoms with Crippen molar-refractivity contribution in [2.75, 3.05) is 0 Å². The highest BCUT2D eigenvalue weighted by Crippen LogP contribution is 2.34. The Kier molecular flexibility index (Phi) is 7.91. The van der Waals surface area contributed by atoms with Crippen LogP contribution in [0.5, 0.6) is 5.75 Å². The van der Waals surface area contributed by atoms with E-state index in [0.29, 0.717) is 12.3 Å². The predicted molar refractivity (Wildman–Crippen MR) is 95.6 cm³/mol. The summed E-state index contributed by atoms with van der Waals surface area (Å²) in [5, 5.41) is 8.70. The minimum Gasteiger partial charge on any atom is -0.426 e. The van der Waals surface area contributed by atoms with Crippen LogP contribution in [0.3, 0.4) is 0 Å². The number of carbonyl (C=O) groups excluding carboxylic acids is 1. The Morgan fingerprint density at radius 3 is 2.48 bits per heavy atom. The fourth-order valence-electron chi connectivity index (χ4n) is 3.65. The second-order valence-electron chi connectivity index (χ2n) is 7.15. The van der Waals surface area contributed by atoms with Gasteiger partial charge >= 0.3 is 5.97 Å². The van der Waals surface area contributed by atoms with Crippen LogP contribution < -0.4 is 4.74 Å². The number of carbonyl (C=O) groups is 1. The highest BCUT2D eigenvalue weighted by atomic mass is 19.1. The van der Waals surface area contributed by atoms with Gasteiger partial charge in [-0.25, -0.2) is 4.39 Å². The molecule has 1 aromatic rings. The summed E-state index contributed by atoms with van der Waals surface area (Å²) in [6.45, 7) is 2.24. The van der Waals surface area contributed by atoms with Crippen LogP contribution in [-0.2, 0) is 4.79 Å². The summed E-state index contributed by atoms with van der Waals surface area (Å²) in [5.74, 6) is 0.661. The lowest BCUT2D eigenvalue weighted by Gasteiger charge is -2.28. The summed E-state index contributed by atoms with van der Waals surface area (Å²) in [6, 6.07) is 5.63. The van der Waals surface area contributed by atoms with Gasteiger partial charge in [-0.2, -0.15) is 5.26 Å². The van der Waals surface area contributed by atoms with Gasteiger partial charge in [0.05, 0.1) is 5.56 Å². The summed E-state index contributed by atoms with van der Waals surface area (Å²) in [7, 11) is 0. The van der Waals surface area contributed by atoms with Crippen molar-refractivity contribution in [3.05, 3.63) is 29.6 Å². The average molecular weight is 345 g/mol. The van der Waals surface area contributed by atoms with E-state index in [0.717, 1.165) is 18.4 Å². The monoisotopic (exact) mass is 345 g/mol. The molecule has 4 heteroatoms. The predicted octanol–water partition coefficient (Wildman–Crippen LogP) is 5.77. The maximum atomic E-state index is 13.5. The van der Waals surface area contributed by atoms with Crippen LogP contribution in [0, 0.1) is 29.0 Å². The number of nitriles is 1. The van der Waals surface area contributed by atoms with Gasteiger partial charge in [-0.15, -0.1) is 0 Å². The Labute approximate surface area is 150 Å². The van der Waals surface area contributed by atoms with Crippen molar-refractivity contribution >= 4 is 5.97 Å². The molecule has 1 fully saturated rings. The Morgan fingerprint density at radius 2 is 1.88 bits per heavy atom. The van der Waals surface area contributed by atoms with E-state index in [4.69, 9.17) is 10.00 Å². The summed E-state index contributed by atoms with van der Waals surface area (Å²) in [6.07, 6.45) is 11.5. The first kappa shape index (κ1) is 19.4. The van der Waals surface area contributed by atoms with Gasteiger partial charge in [-0.1, -0.05) is 58.3 Å². The van der Waals surface area contributed by atoms with Gasteiger partial charge in [0, 0.05) is 12.5 Å². The number of halogens is 1. The molecule has 1 aromatic carbocycles. The molecule has 0 aliphatic heterocycles. The van der Waals surface area contributed by atoms with Gasteiger partial charge in [0.25, 0.3) is 0 Å². The number of unbranched alkanes of at least 4 members (excludes halogenated alkanes) is 2. The lowest BCUT2D eigenvalue weighted by Crippen LogP contribution is -2.17. The van der Waals surface area contributed by atoms with Crippen LogP contribution in [0.25, 0.3) is 0 Å². The Bertz CT molecular complexity index is 600. The minimum atomic E-state index is -0.658. The van der Waals surface area contributed by atoms with E-state index < -0.39 is 5.82 Å². The van der Waals surface area contributed by atoms with E-state index in [-0.39, 0.29) is 17.3 Å². The SMILES string of the molecule is CCCCCC1CCC(CCC(=O)Oc2ccc(C#N)c(F)c2)CC1. The molecule has 1 aliphatic carbocycles. The van der Waals surface area contributed by atoms with E-state index in [1.165, 1.54) is 63.5 Å². The fourth-order valence-corrected chi connectivity index (χ4v) is 3.65. The van der Waals surface area contributed by atoms with Crippen LogP contribution in [0.1, 0.15) is 76.7 Å². The third-order valence-electron chi connectivity index (χ3n) is 5.23. The highest BCUT2D eigenvalue weighted by molar-refractivity contribution is 5.72. The fraction of sp³-hybridized carbons (Fsp3) is 0.619. The summed E-state index contributed by atoms with van der Waals surface area (Å²) >= 11 is 0. The van der Waals surface area contributed by atoms with Crippen molar-refractivity contribution in [1.82, 2.24) is 0 Å². The number of rotatable bonds is 8. The first-order valence-electron chi connectivity index (χ1n) is 9.52. The molecule has 0 aromatic heterocycles. The molecule has 3 nitrogen and oxygen atoms in total. The van der Waals surface area contributed by atoms with Gasteiger partial charge in [-0.05, 0) is 30.4 Å². The van der Waals surface area contributed by atoms with Crippen molar-refractivity contribution in [3.8, 4) is 11.8 Å². The molecule has 1 aliphatic rings. The second kappa shape index (κ2) is 10.2. The highest BCUT2D eigenvalue weighted by Gasteiger charge is 2.21. The molecular formula is C21H28FNO2. The summed E-state index contributed by atoms with van der Waals surface area (Å²) < 4.78 is 18.7. The Hall–Kier alpha value is -1.89. The van der Waals surface area contributed by atoms with Gasteiger partial charge in [0.15, 0.2) is 0 Å². The van der Waals surface area contributed by atoms with Crippen LogP contribution in [0.15, 0.2) is 18.2 Å². The van der Waals surface area contributed by atoms with Gasteiger partial charge < -0.3 is 4.74 Å². The topological polar surface area (TPSA) is 50.1 Å². The molecule has 0 saturated heterocycles. The third-order valence-corrected chi connectivity index (χ3v) is 5.23. The molecule has 136 valence electrons. The zero-order valence-electron chi connectivity index (χ0n) is 15.1. The molecule has 0 radical (unpaired) electrons. The number of ether oxygens (including phenoxy) is 1. The van der Waals surface area contributed by atoms with E-state index in [2.05, 4.69) is 6.92 Å². The van der Waals surface area contributed by atoms with Gasteiger partial charge in [0.1, 0.15) is 17.6 Å². The zero-order chi connectivity index (χ0) is 18.1. The maximum absolute atomic E-state index is 13.5. The van der Waals surface area contributed by atoms with Gasteiger partial charge in [0.2, 0.25) is 0 Å². The largest absolute Gasteiger partial charge is 0.426 e. The van der Waals surface area contributed by atoms with Crippen molar-refractivity contribution in [1.29, 1.82) is 5.26 Å². The number of benzene rings is 1. The first-order chi connectivity index (χ1) is 12.1. The van der Waals surface area contributed by atoms with Crippen LogP contribution in [0.2, 0.25) is 0 Å². The molecule has 0 heterocycles. The van der Waals surface area contributed by atoms with Crippen molar-refractivity contribution in [2.45, 2.75) is 71.1 Å². The molecule has 0 spiro atoms. The standard InChI is InChI=1S/C21H28FNO2/c1-2-3-4-5-16-6-8-17(9-7-16)10-13-21(24)25-19-12-11-18(15-23)20(22)14-19/h11-12,14,16-17H,2-10,13H2,1H3. The van der Waals surface area contributed by atoms with Crippen molar-refractivity contribution in [3.63, 3.8) is 0 Å². The number of nitrogens with zero attached hydrogens (tertiary/aromatic N) is 1. The first-order valence-corrected chi connectivity index (χ1v) is 9.52. The third kappa shape index (κ3) is 6.49. The second-order valence-corrected chi connectivity index (χ2v) is 7.15. The zero-order valence-corrected chi connectivity index (χ0v) is 15.1. The minimum absolute atomic E-state index is 0.0458. The number of esters is 1. The van der Waals surface area contributed by atoms with Crippen LogP contribution in [0.4, 0.5) is 4.39 Å². The van der Waals surface area contributed by atoms with Crippen LogP contribution >= 0.6 is 0 Å². The molecule has 1 saturated carbocycles. The molecule has 0 bridgehead atoms. The lowest BCUT2D eigenvalue weighted by molar-refractivity contribution is -0.134. The molecule has 0 N–H and O–H groups in total. The molecule has 0 amide bonds. The summed E-state index contributed by atoms with van der Waals surface area (Å²) in [5.41, 5.74) is -0.0458. The molecule has 25 heavy (non-hydrogen) atoms. The lowest BCUT2D eigenvalue weighted by atomic mass is 9.78. The van der Waals surface area contributed by atoms with Gasteiger partial charge in [-0.3, -0.25) is 4.79 Å². The Morgan fingerprint density at radius 1 is 1.20 bits per heavy atom. The molecule has 2 rings (SSSR count). The van der Waals surface area contributed by atoms with E-state index in [1.54, 1.807) is 6.07 Å². The molecular weight excluding hydrogens is 317 g/mol. The van der Waals surface area contributed by atoms with Crippen molar-refractivity contribution in [2.24, 2.45) is 11.8 Å². The van der Waals surface area contributed by atoms with Crippen molar-refractivity contribution < 1.29 is 13.9 Å². The number of hydrogen-bond acceptors (Lipinski definition) is 3. The molecule has 0 atom stereocenters. The van der Waals surface area contributed by atoms with E-state index >= 15 is 0 Å². The quantitative estimate of drug-likeness (QED) is 0.341. The Balaban J connectivity index is 1.67. The smallest absolute Gasteiger partial charge is 0.311 e. The van der Waals surface area contributed by atoms with E-state index in [1.807, 2.05) is 0 Å². The van der Waals surface area contributed by atoms with Crippen LogP contribution in [-0.4, -0.2) is 5.97 Å². The number of hydrogen-bond donors (Lipinski definition) is 0. The van der Waals surface area contributed by atoms with E-state index in [9.17, 15) is 9.18 Å². The summed E-state index contributed by atoms with van der Waals surface area (Å²) in [4.78, 5) is 11.9. The normalized spacial score (nSPS) is 20.0. The average Bonchev–Trinajstić information content (AvgIpc) is 2.61. The molecule has 0 unspecified atom stereocenters.